The zero-order chi connectivity index (χ0) is 12.8. The van der Waals surface area contributed by atoms with Gasteiger partial charge in [-0.3, -0.25) is 0 Å². The average molecular weight is 242 g/mol. The van der Waals surface area contributed by atoms with E-state index in [0.29, 0.717) is 0 Å². The molecule has 0 heterocycles. The van der Waals surface area contributed by atoms with Crippen LogP contribution >= 0.6 is 0 Å². The molecule has 0 saturated heterocycles. The molecule has 0 radical (unpaired) electrons. The number of hydrogen-bond acceptors (Lipinski definition) is 1. The summed E-state index contributed by atoms with van der Waals surface area (Å²) in [6.45, 7) is 4.08. The third-order valence-corrected chi connectivity index (χ3v) is 3.05. The van der Waals surface area contributed by atoms with E-state index in [0.717, 1.165) is 31.7 Å². The van der Waals surface area contributed by atoms with Crippen LogP contribution in [-0.4, -0.2) is 5.11 Å². The van der Waals surface area contributed by atoms with E-state index in [1.54, 1.807) is 0 Å². The first-order valence-corrected chi connectivity index (χ1v) is 6.23. The zero-order valence-electron chi connectivity index (χ0n) is 10.4. The van der Waals surface area contributed by atoms with Crippen LogP contribution in [0, 0.1) is 17.6 Å². The fraction of sp³-hybridized carbons (Fsp3) is 0.571. The molecule has 0 bridgehead atoms. The van der Waals surface area contributed by atoms with Crippen LogP contribution in [0.25, 0.3) is 0 Å². The van der Waals surface area contributed by atoms with Gasteiger partial charge >= 0.3 is 0 Å². The van der Waals surface area contributed by atoms with Gasteiger partial charge in [0, 0.05) is 11.6 Å². The highest BCUT2D eigenvalue weighted by atomic mass is 19.1. The van der Waals surface area contributed by atoms with E-state index in [1.165, 1.54) is 12.1 Å². The maximum absolute atomic E-state index is 13.5. The molecular weight excluding hydrogens is 222 g/mol. The summed E-state index contributed by atoms with van der Waals surface area (Å²) in [6, 6.07) is 3.36. The Labute approximate surface area is 101 Å². The van der Waals surface area contributed by atoms with E-state index in [2.05, 4.69) is 0 Å². The molecular formula is C14H20F2O. The molecule has 0 saturated carbocycles. The van der Waals surface area contributed by atoms with Crippen LogP contribution in [0.3, 0.4) is 0 Å². The minimum atomic E-state index is -0.838. The molecule has 3 heteroatoms. The summed E-state index contributed by atoms with van der Waals surface area (Å²) in [7, 11) is 0. The molecule has 0 aromatic heterocycles. The van der Waals surface area contributed by atoms with Crippen LogP contribution in [-0.2, 0) is 0 Å². The lowest BCUT2D eigenvalue weighted by molar-refractivity contribution is 0.0928. The van der Waals surface area contributed by atoms with Gasteiger partial charge in [0.15, 0.2) is 0 Å². The Morgan fingerprint density at radius 2 is 1.71 bits per heavy atom. The van der Waals surface area contributed by atoms with Crippen molar-refractivity contribution in [2.45, 2.75) is 45.6 Å². The van der Waals surface area contributed by atoms with Gasteiger partial charge in [-0.1, -0.05) is 32.8 Å². The van der Waals surface area contributed by atoms with E-state index in [-0.39, 0.29) is 11.5 Å². The normalized spacial score (nSPS) is 13.1. The molecule has 1 aromatic carbocycles. The quantitative estimate of drug-likeness (QED) is 0.792. The molecule has 0 aliphatic carbocycles. The Morgan fingerprint density at radius 1 is 1.12 bits per heavy atom. The predicted octanol–water partition coefficient (Wildman–Crippen LogP) is 4.21. The molecule has 1 nitrogen and oxygen atoms in total. The number of hydrogen-bond donors (Lipinski definition) is 1. The Morgan fingerprint density at radius 3 is 2.18 bits per heavy atom. The number of benzene rings is 1. The molecule has 1 unspecified atom stereocenters. The second-order valence-electron chi connectivity index (χ2n) is 4.45. The lowest BCUT2D eigenvalue weighted by Crippen LogP contribution is -2.14. The highest BCUT2D eigenvalue weighted by Crippen LogP contribution is 2.31. The summed E-state index contributed by atoms with van der Waals surface area (Å²) in [5.41, 5.74) is 0.207. The van der Waals surface area contributed by atoms with Gasteiger partial charge in [0.05, 0.1) is 6.10 Å². The van der Waals surface area contributed by atoms with Crippen LogP contribution in [0.2, 0.25) is 0 Å². The molecule has 17 heavy (non-hydrogen) atoms. The Bertz CT molecular complexity index is 346. The minimum absolute atomic E-state index is 0.0463. The van der Waals surface area contributed by atoms with Crippen molar-refractivity contribution in [3.63, 3.8) is 0 Å². The van der Waals surface area contributed by atoms with Gasteiger partial charge in [-0.2, -0.15) is 0 Å². The molecule has 0 amide bonds. The lowest BCUT2D eigenvalue weighted by atomic mass is 9.88. The van der Waals surface area contributed by atoms with Gasteiger partial charge < -0.3 is 5.11 Å². The Hall–Kier alpha value is -0.960. The van der Waals surface area contributed by atoms with Crippen molar-refractivity contribution >= 4 is 0 Å². The number of aliphatic hydroxyl groups is 1. The van der Waals surface area contributed by atoms with Gasteiger partial charge in [-0.05, 0) is 24.8 Å². The van der Waals surface area contributed by atoms with Crippen LogP contribution in [0.1, 0.15) is 51.2 Å². The summed E-state index contributed by atoms with van der Waals surface area (Å²) in [5, 5.41) is 10.2. The van der Waals surface area contributed by atoms with Crippen LogP contribution in [0.4, 0.5) is 8.78 Å². The molecule has 1 atom stereocenters. The molecule has 1 N–H and O–H groups in total. The second kappa shape index (κ2) is 6.70. The topological polar surface area (TPSA) is 20.2 Å². The number of aliphatic hydroxyl groups excluding tert-OH is 1. The first kappa shape index (κ1) is 14.1. The first-order valence-electron chi connectivity index (χ1n) is 6.23. The van der Waals surface area contributed by atoms with E-state index in [1.807, 2.05) is 13.8 Å². The maximum Gasteiger partial charge on any atom is 0.131 e. The second-order valence-corrected chi connectivity index (χ2v) is 4.45. The van der Waals surface area contributed by atoms with Gasteiger partial charge in [0.25, 0.3) is 0 Å². The third kappa shape index (κ3) is 3.77. The molecule has 0 aliphatic rings. The Kier molecular flexibility index (Phi) is 5.56. The third-order valence-electron chi connectivity index (χ3n) is 3.05. The van der Waals surface area contributed by atoms with Gasteiger partial charge in [-0.15, -0.1) is 0 Å². The van der Waals surface area contributed by atoms with Crippen molar-refractivity contribution in [3.8, 4) is 0 Å². The molecule has 0 spiro atoms. The van der Waals surface area contributed by atoms with Crippen LogP contribution in [0.5, 0.6) is 0 Å². The van der Waals surface area contributed by atoms with E-state index >= 15 is 0 Å². The number of halogens is 2. The van der Waals surface area contributed by atoms with Crippen molar-refractivity contribution < 1.29 is 13.9 Å². The van der Waals surface area contributed by atoms with Gasteiger partial charge in [-0.25, -0.2) is 8.78 Å². The first-order chi connectivity index (χ1) is 8.10. The average Bonchev–Trinajstić information content (AvgIpc) is 2.28. The SMILES string of the molecule is CCCC(CCC)C(O)c1ccc(F)cc1F. The molecule has 0 fully saturated rings. The summed E-state index contributed by atoms with van der Waals surface area (Å²) in [4.78, 5) is 0. The molecule has 1 aromatic rings. The largest absolute Gasteiger partial charge is 0.388 e. The van der Waals surface area contributed by atoms with Crippen LogP contribution < -0.4 is 0 Å². The Balaban J connectivity index is 2.88. The highest BCUT2D eigenvalue weighted by Gasteiger charge is 2.22. The monoisotopic (exact) mass is 242 g/mol. The summed E-state index contributed by atoms with van der Waals surface area (Å²) in [5.74, 6) is -1.22. The highest BCUT2D eigenvalue weighted by molar-refractivity contribution is 5.21. The lowest BCUT2D eigenvalue weighted by Gasteiger charge is -2.22. The summed E-state index contributed by atoms with van der Waals surface area (Å²) in [6.07, 6.45) is 2.77. The van der Waals surface area contributed by atoms with Gasteiger partial charge in [0.1, 0.15) is 11.6 Å². The van der Waals surface area contributed by atoms with Gasteiger partial charge in [0.2, 0.25) is 0 Å². The minimum Gasteiger partial charge on any atom is -0.388 e. The van der Waals surface area contributed by atoms with Crippen LogP contribution in [0.15, 0.2) is 18.2 Å². The maximum atomic E-state index is 13.5. The summed E-state index contributed by atoms with van der Waals surface area (Å²) >= 11 is 0. The summed E-state index contributed by atoms with van der Waals surface area (Å²) < 4.78 is 26.3. The smallest absolute Gasteiger partial charge is 0.131 e. The van der Waals surface area contributed by atoms with Crippen molar-refractivity contribution in [1.82, 2.24) is 0 Å². The molecule has 1 rings (SSSR count). The standard InChI is InChI=1S/C14H20F2O/c1-3-5-10(6-4-2)14(17)12-8-7-11(15)9-13(12)16/h7-10,14,17H,3-6H2,1-2H3. The zero-order valence-corrected chi connectivity index (χ0v) is 10.4. The fourth-order valence-electron chi connectivity index (χ4n) is 2.20. The van der Waals surface area contributed by atoms with E-state index < -0.39 is 17.7 Å². The van der Waals surface area contributed by atoms with Crippen molar-refractivity contribution in [2.75, 3.05) is 0 Å². The van der Waals surface area contributed by atoms with E-state index in [4.69, 9.17) is 0 Å². The fourth-order valence-corrected chi connectivity index (χ4v) is 2.20. The predicted molar refractivity (Wildman–Crippen MR) is 64.6 cm³/mol. The molecule has 0 aliphatic heterocycles. The van der Waals surface area contributed by atoms with Crippen molar-refractivity contribution in [1.29, 1.82) is 0 Å². The van der Waals surface area contributed by atoms with E-state index in [9.17, 15) is 13.9 Å². The molecule has 96 valence electrons. The van der Waals surface area contributed by atoms with Crippen molar-refractivity contribution in [2.24, 2.45) is 5.92 Å². The van der Waals surface area contributed by atoms with Crippen molar-refractivity contribution in [3.05, 3.63) is 35.4 Å². The number of rotatable bonds is 6.